The second kappa shape index (κ2) is 14.1. The Morgan fingerprint density at radius 1 is 0.911 bits per heavy atom. The van der Waals surface area contributed by atoms with Gasteiger partial charge in [0.15, 0.2) is 0 Å². The summed E-state index contributed by atoms with van der Waals surface area (Å²) in [5.41, 5.74) is 5.66. The predicted octanol–water partition coefficient (Wildman–Crippen LogP) is 6.14. The first-order chi connectivity index (χ1) is 21.8. The molecule has 3 heterocycles. The van der Waals surface area contributed by atoms with E-state index in [1.807, 2.05) is 57.2 Å². The molecule has 0 saturated carbocycles. The van der Waals surface area contributed by atoms with Gasteiger partial charge in [-0.3, -0.25) is 10.1 Å². The molecule has 0 radical (unpaired) electrons. The first kappa shape index (κ1) is 31.3. The van der Waals surface area contributed by atoms with Crippen molar-refractivity contribution in [1.29, 1.82) is 0 Å². The summed E-state index contributed by atoms with van der Waals surface area (Å²) in [7, 11) is 1.29. The van der Waals surface area contributed by atoms with E-state index in [0.717, 1.165) is 58.7 Å². The van der Waals surface area contributed by atoms with E-state index in [0.29, 0.717) is 19.1 Å². The van der Waals surface area contributed by atoms with Crippen molar-refractivity contribution < 1.29 is 23.9 Å². The zero-order valence-corrected chi connectivity index (χ0v) is 25.9. The Kier molecular flexibility index (Phi) is 9.81. The van der Waals surface area contributed by atoms with Crippen LogP contribution in [0.25, 0.3) is 33.6 Å². The van der Waals surface area contributed by atoms with E-state index in [2.05, 4.69) is 42.7 Å². The number of rotatable bonds is 10. The number of hydrogen-bond donors (Lipinski definition) is 4. The second-order valence-corrected chi connectivity index (χ2v) is 11.3. The molecule has 1 fully saturated rings. The van der Waals surface area contributed by atoms with Crippen molar-refractivity contribution >= 4 is 24.0 Å². The Bertz CT molecular complexity index is 1610. The molecule has 1 aliphatic heterocycles. The van der Waals surface area contributed by atoms with Crippen molar-refractivity contribution in [2.24, 2.45) is 5.92 Å². The van der Waals surface area contributed by atoms with E-state index in [1.165, 1.54) is 7.11 Å². The van der Waals surface area contributed by atoms with E-state index in [1.54, 1.807) is 17.3 Å². The predicted molar refractivity (Wildman–Crippen MR) is 170 cm³/mol. The van der Waals surface area contributed by atoms with Crippen LogP contribution >= 0.6 is 0 Å². The van der Waals surface area contributed by atoms with Crippen LogP contribution < -0.4 is 10.6 Å². The van der Waals surface area contributed by atoms with Gasteiger partial charge in [0.1, 0.15) is 11.9 Å². The van der Waals surface area contributed by atoms with E-state index >= 15 is 0 Å². The number of aromatic amines is 2. The number of amides is 3. The Morgan fingerprint density at radius 3 is 2.11 bits per heavy atom. The van der Waals surface area contributed by atoms with Gasteiger partial charge in [-0.15, -0.1) is 0 Å². The van der Waals surface area contributed by atoms with Crippen LogP contribution in [0.1, 0.15) is 51.9 Å². The fourth-order valence-electron chi connectivity index (χ4n) is 5.39. The number of carbonyl (C=O) groups excluding carboxylic acids is 3. The number of benzene rings is 2. The third-order valence-electron chi connectivity index (χ3n) is 7.80. The van der Waals surface area contributed by atoms with Crippen LogP contribution in [0.2, 0.25) is 0 Å². The van der Waals surface area contributed by atoms with Crippen LogP contribution in [0.4, 0.5) is 15.5 Å². The number of likely N-dealkylation sites (tertiary alicyclic amines) is 1. The fourth-order valence-corrected chi connectivity index (χ4v) is 5.39. The number of alkyl carbamates (subject to hydrolysis) is 1. The number of nitrogens with zero attached hydrogens (tertiary/aromatic N) is 3. The third-order valence-corrected chi connectivity index (χ3v) is 7.80. The summed E-state index contributed by atoms with van der Waals surface area (Å²) < 4.78 is 9.76. The van der Waals surface area contributed by atoms with Crippen LogP contribution in [0.3, 0.4) is 0 Å². The Hall–Kier alpha value is -5.13. The standard InChI is InChI=1S/C33H39N7O5/c1-5-17-45-33(43)39-31-35-19-26(37-31)24-14-10-22(11-15-24)21-8-12-23(13-9-21)25-18-34-29(36-25)27-7-6-16-40(27)30(41)28(20(2)3)38-32(42)44-4/h8-15,18-20,27-28H,5-7,16-17H2,1-4H3,(H,34,36)(H,38,42)(H2,35,37,39,43). The summed E-state index contributed by atoms with van der Waals surface area (Å²) in [5, 5.41) is 5.28. The van der Waals surface area contributed by atoms with Crippen molar-refractivity contribution in [2.75, 3.05) is 25.6 Å². The third kappa shape index (κ3) is 7.34. The van der Waals surface area contributed by atoms with Crippen molar-refractivity contribution in [3.05, 3.63) is 66.7 Å². The van der Waals surface area contributed by atoms with Crippen molar-refractivity contribution in [3.63, 3.8) is 0 Å². The number of carbonyl (C=O) groups is 3. The molecule has 1 aliphatic rings. The van der Waals surface area contributed by atoms with Gasteiger partial charge in [0.2, 0.25) is 11.9 Å². The number of anilines is 1. The molecule has 236 valence electrons. The molecule has 3 amide bonds. The van der Waals surface area contributed by atoms with Crippen LogP contribution in [-0.4, -0.2) is 69.2 Å². The highest BCUT2D eigenvalue weighted by Crippen LogP contribution is 2.33. The molecule has 0 bridgehead atoms. The highest BCUT2D eigenvalue weighted by atomic mass is 16.5. The molecule has 45 heavy (non-hydrogen) atoms. The van der Waals surface area contributed by atoms with Crippen molar-refractivity contribution in [2.45, 2.75) is 52.1 Å². The molecule has 12 nitrogen and oxygen atoms in total. The number of methoxy groups -OCH3 is 1. The Morgan fingerprint density at radius 2 is 1.51 bits per heavy atom. The SMILES string of the molecule is CCCOC(=O)Nc1ncc(-c2ccc(-c3ccc(-c4cnc(C5CCCN5C(=O)C(NC(=O)OC)C(C)C)[nH]4)cc3)cc2)[nH]1. The maximum absolute atomic E-state index is 13.4. The molecule has 4 N–H and O–H groups in total. The van der Waals surface area contributed by atoms with Gasteiger partial charge in [-0.1, -0.05) is 69.3 Å². The number of H-pyrrole nitrogens is 2. The van der Waals surface area contributed by atoms with Crippen molar-refractivity contribution in [1.82, 2.24) is 30.2 Å². The summed E-state index contributed by atoms with van der Waals surface area (Å²) >= 11 is 0. The van der Waals surface area contributed by atoms with Crippen LogP contribution in [0, 0.1) is 5.92 Å². The lowest BCUT2D eigenvalue weighted by Gasteiger charge is -2.30. The number of hydrogen-bond acceptors (Lipinski definition) is 7. The molecule has 5 rings (SSSR count). The van der Waals surface area contributed by atoms with Crippen LogP contribution in [-0.2, 0) is 14.3 Å². The molecule has 2 unspecified atom stereocenters. The first-order valence-electron chi connectivity index (χ1n) is 15.2. The maximum Gasteiger partial charge on any atom is 0.413 e. The minimum absolute atomic E-state index is 0.0945. The van der Waals surface area contributed by atoms with Gasteiger partial charge in [0.05, 0.1) is 43.5 Å². The largest absolute Gasteiger partial charge is 0.453 e. The van der Waals surface area contributed by atoms with Gasteiger partial charge in [-0.2, -0.15) is 0 Å². The minimum atomic E-state index is -0.677. The topological polar surface area (TPSA) is 154 Å². The highest BCUT2D eigenvalue weighted by molar-refractivity contribution is 5.86. The molecule has 4 aromatic rings. The zero-order chi connectivity index (χ0) is 31.9. The molecule has 2 aromatic carbocycles. The lowest BCUT2D eigenvalue weighted by atomic mass is 10.0. The summed E-state index contributed by atoms with van der Waals surface area (Å²) in [6.45, 7) is 6.68. The normalized spacial score (nSPS) is 15.1. The van der Waals surface area contributed by atoms with Gasteiger partial charge >= 0.3 is 12.2 Å². The number of nitrogens with one attached hydrogen (secondary N) is 4. The maximum atomic E-state index is 13.4. The Balaban J connectivity index is 1.24. The highest BCUT2D eigenvalue weighted by Gasteiger charge is 2.37. The molecule has 0 spiro atoms. The zero-order valence-electron chi connectivity index (χ0n) is 25.9. The monoisotopic (exact) mass is 613 g/mol. The average molecular weight is 614 g/mol. The summed E-state index contributed by atoms with van der Waals surface area (Å²) in [5.74, 6) is 0.826. The Labute approximate surface area is 261 Å². The summed E-state index contributed by atoms with van der Waals surface area (Å²) in [6.07, 6.45) is 4.70. The number of imidazole rings is 2. The second-order valence-electron chi connectivity index (χ2n) is 11.3. The smallest absolute Gasteiger partial charge is 0.413 e. The average Bonchev–Trinajstić information content (AvgIpc) is 3.83. The summed E-state index contributed by atoms with van der Waals surface area (Å²) in [4.78, 5) is 54.3. The molecule has 2 aromatic heterocycles. The molecular weight excluding hydrogens is 574 g/mol. The lowest BCUT2D eigenvalue weighted by molar-refractivity contribution is -0.135. The number of ether oxygens (including phenoxy) is 2. The van der Waals surface area contributed by atoms with Gasteiger partial charge in [0.25, 0.3) is 0 Å². The van der Waals surface area contributed by atoms with E-state index < -0.39 is 18.2 Å². The van der Waals surface area contributed by atoms with Crippen LogP contribution in [0.15, 0.2) is 60.9 Å². The molecule has 1 saturated heterocycles. The molecule has 12 heteroatoms. The van der Waals surface area contributed by atoms with E-state index in [4.69, 9.17) is 9.47 Å². The molecular formula is C33H39N7O5. The van der Waals surface area contributed by atoms with Gasteiger partial charge in [-0.25, -0.2) is 19.6 Å². The molecule has 2 atom stereocenters. The first-order valence-corrected chi connectivity index (χ1v) is 15.2. The van der Waals surface area contributed by atoms with Gasteiger partial charge in [0, 0.05) is 6.54 Å². The van der Waals surface area contributed by atoms with Gasteiger partial charge in [-0.05, 0) is 47.4 Å². The fraction of sp³-hybridized carbons (Fsp3) is 0.364. The lowest BCUT2D eigenvalue weighted by Crippen LogP contribution is -2.51. The number of aromatic nitrogens is 4. The van der Waals surface area contributed by atoms with E-state index in [9.17, 15) is 14.4 Å². The van der Waals surface area contributed by atoms with Crippen molar-refractivity contribution in [3.8, 4) is 33.6 Å². The van der Waals surface area contributed by atoms with Crippen LogP contribution in [0.5, 0.6) is 0 Å². The van der Waals surface area contributed by atoms with Gasteiger partial charge < -0.3 is 29.7 Å². The van der Waals surface area contributed by atoms with E-state index in [-0.39, 0.29) is 17.9 Å². The summed E-state index contributed by atoms with van der Waals surface area (Å²) in [6, 6.07) is 15.4. The molecule has 0 aliphatic carbocycles. The minimum Gasteiger partial charge on any atom is -0.453 e. The quantitative estimate of drug-likeness (QED) is 0.168.